The van der Waals surface area contributed by atoms with E-state index in [2.05, 4.69) is 17.1 Å². The third-order valence-corrected chi connectivity index (χ3v) is 2.99. The number of morpholine rings is 1. The molecular formula is C12H20N4O3. The van der Waals surface area contributed by atoms with E-state index in [9.17, 15) is 4.79 Å². The number of hydrogen-bond acceptors (Lipinski definition) is 6. The minimum atomic E-state index is -0.461. The third kappa shape index (κ3) is 3.23. The van der Waals surface area contributed by atoms with E-state index in [1.54, 1.807) is 14.1 Å². The average molecular weight is 268 g/mol. The topological polar surface area (TPSA) is 71.7 Å². The predicted molar refractivity (Wildman–Crippen MR) is 68.9 cm³/mol. The van der Waals surface area contributed by atoms with E-state index in [0.29, 0.717) is 31.5 Å². The molecule has 1 amide bonds. The van der Waals surface area contributed by atoms with Crippen LogP contribution in [0.2, 0.25) is 0 Å². The summed E-state index contributed by atoms with van der Waals surface area (Å²) in [6.45, 7) is 3.68. The number of carbonyl (C=O) groups is 1. The van der Waals surface area contributed by atoms with Crippen LogP contribution in [-0.4, -0.2) is 60.8 Å². The molecule has 0 aliphatic carbocycles. The lowest BCUT2D eigenvalue weighted by Gasteiger charge is -2.32. The Balaban J connectivity index is 2.01. The fourth-order valence-electron chi connectivity index (χ4n) is 1.96. The molecule has 7 nitrogen and oxygen atoms in total. The zero-order chi connectivity index (χ0) is 13.8. The Morgan fingerprint density at radius 1 is 1.53 bits per heavy atom. The molecule has 0 saturated carbocycles. The highest BCUT2D eigenvalue weighted by atomic mass is 16.5. The molecule has 1 aliphatic heterocycles. The van der Waals surface area contributed by atoms with Gasteiger partial charge in [-0.2, -0.15) is 4.98 Å². The van der Waals surface area contributed by atoms with Gasteiger partial charge in [-0.3, -0.25) is 4.79 Å². The minimum absolute atomic E-state index is 0.0398. The molecule has 2 rings (SSSR count). The number of carbonyl (C=O) groups excluding carboxylic acids is 1. The van der Waals surface area contributed by atoms with Crippen LogP contribution in [0, 0.1) is 0 Å². The molecule has 1 aromatic rings. The van der Waals surface area contributed by atoms with Crippen LogP contribution in [0.15, 0.2) is 4.52 Å². The van der Waals surface area contributed by atoms with Gasteiger partial charge in [0, 0.05) is 27.1 Å². The van der Waals surface area contributed by atoms with E-state index >= 15 is 0 Å². The number of hydrogen-bond donors (Lipinski definition) is 0. The second kappa shape index (κ2) is 6.01. The first kappa shape index (κ1) is 13.8. The molecule has 0 unspecified atom stereocenters. The lowest BCUT2D eigenvalue weighted by Crippen LogP contribution is -2.49. The van der Waals surface area contributed by atoms with Gasteiger partial charge in [0.2, 0.25) is 5.89 Å². The molecule has 1 aromatic heterocycles. The summed E-state index contributed by atoms with van der Waals surface area (Å²) in [7, 11) is 3.44. The number of aromatic nitrogens is 2. The van der Waals surface area contributed by atoms with Crippen molar-refractivity contribution in [1.29, 1.82) is 0 Å². The smallest absolute Gasteiger partial charge is 0.266 e. The number of rotatable bonds is 4. The van der Waals surface area contributed by atoms with Crippen LogP contribution in [-0.2, 0) is 16.0 Å². The maximum absolute atomic E-state index is 11.9. The third-order valence-electron chi connectivity index (χ3n) is 2.99. The Labute approximate surface area is 112 Å². The van der Waals surface area contributed by atoms with Crippen molar-refractivity contribution < 1.29 is 14.1 Å². The molecule has 0 spiro atoms. The average Bonchev–Trinajstić information content (AvgIpc) is 2.87. The van der Waals surface area contributed by atoms with Crippen molar-refractivity contribution in [1.82, 2.24) is 15.0 Å². The first-order chi connectivity index (χ1) is 9.11. The number of anilines is 1. The van der Waals surface area contributed by atoms with Gasteiger partial charge < -0.3 is 19.1 Å². The molecule has 19 heavy (non-hydrogen) atoms. The predicted octanol–water partition coefficient (Wildman–Crippen LogP) is 0.316. The monoisotopic (exact) mass is 268 g/mol. The molecule has 0 aromatic carbocycles. The Hall–Kier alpha value is -1.63. The van der Waals surface area contributed by atoms with Crippen LogP contribution in [0.25, 0.3) is 0 Å². The summed E-state index contributed by atoms with van der Waals surface area (Å²) >= 11 is 0. The van der Waals surface area contributed by atoms with E-state index in [1.807, 2.05) is 4.90 Å². The van der Waals surface area contributed by atoms with Crippen molar-refractivity contribution >= 4 is 11.9 Å². The van der Waals surface area contributed by atoms with Crippen LogP contribution < -0.4 is 4.90 Å². The summed E-state index contributed by atoms with van der Waals surface area (Å²) in [5.74, 6) is 1.14. The number of likely N-dealkylation sites (N-methyl/N-ethyl adjacent to an activating group) is 1. The molecule has 106 valence electrons. The van der Waals surface area contributed by atoms with Crippen LogP contribution >= 0.6 is 0 Å². The fraction of sp³-hybridized carbons (Fsp3) is 0.750. The Bertz CT molecular complexity index is 432. The lowest BCUT2D eigenvalue weighted by atomic mass is 10.2. The van der Waals surface area contributed by atoms with Gasteiger partial charge in [0.1, 0.15) is 0 Å². The van der Waals surface area contributed by atoms with Crippen LogP contribution in [0.3, 0.4) is 0 Å². The maximum Gasteiger partial charge on any atom is 0.266 e. The molecule has 2 heterocycles. The molecular weight excluding hydrogens is 248 g/mol. The second-order valence-electron chi connectivity index (χ2n) is 4.78. The van der Waals surface area contributed by atoms with E-state index in [0.717, 1.165) is 12.8 Å². The molecule has 7 heteroatoms. The number of nitrogens with zero attached hydrogens (tertiary/aromatic N) is 4. The number of aryl methyl sites for hydroxylation is 1. The number of amides is 1. The van der Waals surface area contributed by atoms with Gasteiger partial charge in [0.15, 0.2) is 6.10 Å². The Morgan fingerprint density at radius 3 is 3.00 bits per heavy atom. The Morgan fingerprint density at radius 2 is 2.32 bits per heavy atom. The zero-order valence-corrected chi connectivity index (χ0v) is 11.6. The lowest BCUT2D eigenvalue weighted by molar-refractivity contribution is -0.141. The van der Waals surface area contributed by atoms with Crippen molar-refractivity contribution in [3.63, 3.8) is 0 Å². The first-order valence-corrected chi connectivity index (χ1v) is 6.52. The molecule has 1 saturated heterocycles. The summed E-state index contributed by atoms with van der Waals surface area (Å²) in [6, 6.07) is 0. The molecule has 1 aliphatic rings. The zero-order valence-electron chi connectivity index (χ0n) is 11.6. The van der Waals surface area contributed by atoms with E-state index < -0.39 is 6.10 Å². The van der Waals surface area contributed by atoms with E-state index in [4.69, 9.17) is 9.26 Å². The summed E-state index contributed by atoms with van der Waals surface area (Å²) < 4.78 is 10.7. The SMILES string of the molecule is CCCc1nc(N2CCO[C@H](C(=O)N(C)C)C2)no1. The minimum Gasteiger partial charge on any atom is -0.365 e. The van der Waals surface area contributed by atoms with Gasteiger partial charge >= 0.3 is 0 Å². The Kier molecular flexibility index (Phi) is 4.36. The quantitative estimate of drug-likeness (QED) is 0.783. The van der Waals surface area contributed by atoms with Crippen molar-refractivity contribution in [3.8, 4) is 0 Å². The van der Waals surface area contributed by atoms with Crippen molar-refractivity contribution in [2.24, 2.45) is 0 Å². The van der Waals surface area contributed by atoms with Crippen molar-refractivity contribution in [2.75, 3.05) is 38.7 Å². The van der Waals surface area contributed by atoms with Crippen LogP contribution in [0.1, 0.15) is 19.2 Å². The standard InChI is InChI=1S/C12H20N4O3/c1-4-5-10-13-12(14-19-10)16-6-7-18-9(8-16)11(17)15(2)3/h9H,4-8H2,1-3H3/t9-/m0/s1. The summed E-state index contributed by atoms with van der Waals surface area (Å²) in [6.07, 6.45) is 1.28. The maximum atomic E-state index is 11.9. The highest BCUT2D eigenvalue weighted by molar-refractivity contribution is 5.81. The van der Waals surface area contributed by atoms with Gasteiger partial charge in [-0.05, 0) is 11.6 Å². The van der Waals surface area contributed by atoms with Crippen molar-refractivity contribution in [2.45, 2.75) is 25.9 Å². The summed E-state index contributed by atoms with van der Waals surface area (Å²) in [4.78, 5) is 19.7. The summed E-state index contributed by atoms with van der Waals surface area (Å²) in [5.41, 5.74) is 0. The first-order valence-electron chi connectivity index (χ1n) is 6.52. The van der Waals surface area contributed by atoms with E-state index in [1.165, 1.54) is 4.90 Å². The number of ether oxygens (including phenoxy) is 1. The van der Waals surface area contributed by atoms with Gasteiger partial charge in [-0.25, -0.2) is 0 Å². The molecule has 0 radical (unpaired) electrons. The highest BCUT2D eigenvalue weighted by Gasteiger charge is 2.29. The molecule has 0 bridgehead atoms. The van der Waals surface area contributed by atoms with Gasteiger partial charge in [-0.15, -0.1) is 0 Å². The summed E-state index contributed by atoms with van der Waals surface area (Å²) in [5, 5.41) is 3.96. The van der Waals surface area contributed by atoms with Gasteiger partial charge in [0.25, 0.3) is 11.9 Å². The molecule has 0 N–H and O–H groups in total. The molecule has 1 atom stereocenters. The van der Waals surface area contributed by atoms with E-state index in [-0.39, 0.29) is 5.91 Å². The normalized spacial score (nSPS) is 19.5. The van der Waals surface area contributed by atoms with Crippen LogP contribution in [0.4, 0.5) is 5.95 Å². The van der Waals surface area contributed by atoms with Gasteiger partial charge in [0.05, 0.1) is 13.2 Å². The molecule has 1 fully saturated rings. The largest absolute Gasteiger partial charge is 0.365 e. The second-order valence-corrected chi connectivity index (χ2v) is 4.78. The van der Waals surface area contributed by atoms with Crippen LogP contribution in [0.5, 0.6) is 0 Å². The van der Waals surface area contributed by atoms with Gasteiger partial charge in [-0.1, -0.05) is 6.92 Å². The fourth-order valence-corrected chi connectivity index (χ4v) is 1.96. The highest BCUT2D eigenvalue weighted by Crippen LogP contribution is 2.15. The van der Waals surface area contributed by atoms with Crippen molar-refractivity contribution in [3.05, 3.63) is 5.89 Å².